The predicted molar refractivity (Wildman–Crippen MR) is 211 cm³/mol. The monoisotopic (exact) mass is 628 g/mol. The van der Waals surface area contributed by atoms with Gasteiger partial charge in [0.15, 0.2) is 0 Å². The molecule has 234 valence electrons. The molecule has 0 N–H and O–H groups in total. The van der Waals surface area contributed by atoms with Gasteiger partial charge in [0.25, 0.3) is 0 Å². The highest BCUT2D eigenvalue weighted by atomic mass is 15.1. The van der Waals surface area contributed by atoms with Gasteiger partial charge in [0.2, 0.25) is 0 Å². The summed E-state index contributed by atoms with van der Waals surface area (Å²) in [6.07, 6.45) is 4.37. The van der Waals surface area contributed by atoms with Gasteiger partial charge in [-0.15, -0.1) is 0 Å². The lowest BCUT2D eigenvalue weighted by Crippen LogP contribution is -2.10. The zero-order valence-electron chi connectivity index (χ0n) is 27.4. The number of hydrogen-bond donors (Lipinski definition) is 0. The van der Waals surface area contributed by atoms with Crippen molar-refractivity contribution in [2.75, 3.05) is 9.80 Å². The molecule has 0 fully saturated rings. The van der Waals surface area contributed by atoms with Crippen molar-refractivity contribution in [3.05, 3.63) is 205 Å². The third-order valence-electron chi connectivity index (χ3n) is 9.03. The molecule has 0 aromatic heterocycles. The van der Waals surface area contributed by atoms with Crippen molar-refractivity contribution >= 4 is 67.8 Å². The van der Waals surface area contributed by atoms with Crippen LogP contribution in [0.15, 0.2) is 188 Å². The molecule has 0 saturated heterocycles. The van der Waals surface area contributed by atoms with E-state index in [2.05, 4.69) is 217 Å². The number of nitrogens with zero attached hydrogens (tertiary/aromatic N) is 2. The summed E-state index contributed by atoms with van der Waals surface area (Å²) < 4.78 is 0. The molecule has 0 spiro atoms. The van der Waals surface area contributed by atoms with E-state index in [1.54, 1.807) is 0 Å². The van der Waals surface area contributed by atoms with Crippen molar-refractivity contribution in [1.82, 2.24) is 0 Å². The largest absolute Gasteiger partial charge is 0.310 e. The number of anilines is 6. The summed E-state index contributed by atoms with van der Waals surface area (Å²) in [5, 5.41) is 4.92. The Hall–Kier alpha value is -6.38. The van der Waals surface area contributed by atoms with Gasteiger partial charge in [0.1, 0.15) is 0 Å². The van der Waals surface area contributed by atoms with Gasteiger partial charge in [0.05, 0.1) is 0 Å². The van der Waals surface area contributed by atoms with Gasteiger partial charge in [-0.1, -0.05) is 127 Å². The van der Waals surface area contributed by atoms with Crippen molar-refractivity contribution < 1.29 is 0 Å². The molecule has 8 aromatic rings. The number of para-hydroxylation sites is 1. The second kappa shape index (κ2) is 13.4. The first kappa shape index (κ1) is 30.0. The van der Waals surface area contributed by atoms with Crippen molar-refractivity contribution in [3.8, 4) is 0 Å². The molecule has 0 aliphatic heterocycles. The Balaban J connectivity index is 1.08. The smallest absolute Gasteiger partial charge is 0.0468 e. The third kappa shape index (κ3) is 6.45. The van der Waals surface area contributed by atoms with Gasteiger partial charge >= 0.3 is 0 Å². The molecule has 0 bridgehead atoms. The first-order valence-corrected chi connectivity index (χ1v) is 16.8. The lowest BCUT2D eigenvalue weighted by molar-refractivity contribution is 1.27. The summed E-state index contributed by atoms with van der Waals surface area (Å²) in [7, 11) is 0. The Morgan fingerprint density at radius 3 is 1.20 bits per heavy atom. The summed E-state index contributed by atoms with van der Waals surface area (Å²) in [5.41, 5.74) is 10.3. The number of fused-ring (bicyclic) bond motifs is 2. The Bertz CT molecular complexity index is 2310. The molecule has 0 amide bonds. The highest BCUT2D eigenvalue weighted by Crippen LogP contribution is 2.38. The van der Waals surface area contributed by atoms with Crippen LogP contribution in [0.5, 0.6) is 0 Å². The van der Waals surface area contributed by atoms with E-state index < -0.39 is 0 Å². The minimum Gasteiger partial charge on any atom is -0.310 e. The maximum Gasteiger partial charge on any atom is 0.0468 e. The van der Waals surface area contributed by atoms with Crippen molar-refractivity contribution in [1.29, 1.82) is 0 Å². The average Bonchev–Trinajstić information content (AvgIpc) is 3.16. The van der Waals surface area contributed by atoms with E-state index in [4.69, 9.17) is 0 Å². The standard InChI is InChI=1S/C47H36N2/c1-35-10-9-17-45(32-35)48(42-15-3-2-4-16-42)43-26-20-36(21-27-43)18-19-37-22-28-44(29-23-37)49(46-30-24-38-11-5-7-13-40(38)33-46)47-31-25-39-12-6-8-14-41(39)34-47/h2-34H,1H3. The van der Waals surface area contributed by atoms with E-state index in [1.807, 2.05) is 0 Å². The number of hydrogen-bond acceptors (Lipinski definition) is 2. The molecular formula is C47H36N2. The van der Waals surface area contributed by atoms with Gasteiger partial charge in [-0.25, -0.2) is 0 Å². The van der Waals surface area contributed by atoms with Crippen molar-refractivity contribution in [2.45, 2.75) is 6.92 Å². The van der Waals surface area contributed by atoms with Gasteiger partial charge in [0, 0.05) is 34.1 Å². The molecule has 0 unspecified atom stereocenters. The first-order valence-electron chi connectivity index (χ1n) is 16.8. The zero-order chi connectivity index (χ0) is 33.0. The van der Waals surface area contributed by atoms with Crippen LogP contribution in [0.3, 0.4) is 0 Å². The SMILES string of the molecule is Cc1cccc(N(c2ccccc2)c2ccc(C=Cc3ccc(N(c4ccc5ccccc5c4)c4ccc5ccccc5c4)cc3)cc2)c1. The van der Waals surface area contributed by atoms with E-state index in [0.717, 1.165) is 45.3 Å². The molecule has 0 aliphatic rings. The van der Waals surface area contributed by atoms with Crippen LogP contribution in [0.4, 0.5) is 34.1 Å². The molecular weight excluding hydrogens is 593 g/mol. The van der Waals surface area contributed by atoms with Crippen molar-refractivity contribution in [3.63, 3.8) is 0 Å². The molecule has 2 heteroatoms. The number of benzene rings is 8. The third-order valence-corrected chi connectivity index (χ3v) is 9.03. The Labute approximate surface area is 288 Å². The summed E-state index contributed by atoms with van der Waals surface area (Å²) in [6.45, 7) is 2.14. The van der Waals surface area contributed by atoms with Crippen LogP contribution in [0.25, 0.3) is 33.7 Å². The lowest BCUT2D eigenvalue weighted by Gasteiger charge is -2.26. The van der Waals surface area contributed by atoms with Crippen molar-refractivity contribution in [2.24, 2.45) is 0 Å². The van der Waals surface area contributed by atoms with Gasteiger partial charge < -0.3 is 9.80 Å². The molecule has 49 heavy (non-hydrogen) atoms. The quantitative estimate of drug-likeness (QED) is 0.155. The molecule has 0 saturated carbocycles. The average molecular weight is 629 g/mol. The first-order chi connectivity index (χ1) is 24.2. The van der Waals surface area contributed by atoms with Crippen LogP contribution >= 0.6 is 0 Å². The summed E-state index contributed by atoms with van der Waals surface area (Å²) in [6, 6.07) is 67.3. The molecule has 0 heterocycles. The summed E-state index contributed by atoms with van der Waals surface area (Å²) in [4.78, 5) is 4.65. The minimum atomic E-state index is 1.12. The van der Waals surface area contributed by atoms with E-state index in [1.165, 1.54) is 27.1 Å². The van der Waals surface area contributed by atoms with Crippen LogP contribution in [-0.4, -0.2) is 0 Å². The van der Waals surface area contributed by atoms with E-state index in [-0.39, 0.29) is 0 Å². The Kier molecular flexibility index (Phi) is 8.19. The second-order valence-corrected chi connectivity index (χ2v) is 12.4. The maximum atomic E-state index is 2.35. The molecule has 8 aromatic carbocycles. The van der Waals surface area contributed by atoms with Crippen LogP contribution in [-0.2, 0) is 0 Å². The summed E-state index contributed by atoms with van der Waals surface area (Å²) in [5.74, 6) is 0. The van der Waals surface area contributed by atoms with Crippen LogP contribution < -0.4 is 9.80 Å². The van der Waals surface area contributed by atoms with Crippen LogP contribution in [0.1, 0.15) is 16.7 Å². The van der Waals surface area contributed by atoms with E-state index >= 15 is 0 Å². The molecule has 2 nitrogen and oxygen atoms in total. The second-order valence-electron chi connectivity index (χ2n) is 12.4. The fourth-order valence-corrected chi connectivity index (χ4v) is 6.53. The Morgan fingerprint density at radius 1 is 0.306 bits per heavy atom. The highest BCUT2D eigenvalue weighted by molar-refractivity contribution is 5.92. The summed E-state index contributed by atoms with van der Waals surface area (Å²) >= 11 is 0. The highest BCUT2D eigenvalue weighted by Gasteiger charge is 2.14. The maximum absolute atomic E-state index is 2.35. The van der Waals surface area contributed by atoms with E-state index in [9.17, 15) is 0 Å². The van der Waals surface area contributed by atoms with Gasteiger partial charge in [-0.3, -0.25) is 0 Å². The lowest BCUT2D eigenvalue weighted by atomic mass is 10.1. The van der Waals surface area contributed by atoms with Crippen LogP contribution in [0, 0.1) is 6.92 Å². The Morgan fingerprint density at radius 2 is 0.694 bits per heavy atom. The van der Waals surface area contributed by atoms with Crippen LogP contribution in [0.2, 0.25) is 0 Å². The van der Waals surface area contributed by atoms with E-state index in [0.29, 0.717) is 0 Å². The fraction of sp³-hybridized carbons (Fsp3) is 0.0213. The fourth-order valence-electron chi connectivity index (χ4n) is 6.53. The molecule has 0 aliphatic carbocycles. The normalized spacial score (nSPS) is 11.3. The zero-order valence-corrected chi connectivity index (χ0v) is 27.4. The number of rotatable bonds is 8. The molecule has 0 radical (unpaired) electrons. The predicted octanol–water partition coefficient (Wildman–Crippen LogP) is 13.4. The minimum absolute atomic E-state index is 1.12. The molecule has 0 atom stereocenters. The molecule has 8 rings (SSSR count). The van der Waals surface area contributed by atoms with Gasteiger partial charge in [-0.05, 0) is 118 Å². The van der Waals surface area contributed by atoms with Gasteiger partial charge in [-0.2, -0.15) is 0 Å². The topological polar surface area (TPSA) is 6.48 Å². The number of aryl methyl sites for hydroxylation is 1.